The van der Waals surface area contributed by atoms with Crippen LogP contribution in [0, 0.1) is 6.92 Å². The second kappa shape index (κ2) is 6.33. The number of aliphatic hydroxyl groups is 1. The SMILES string of the molecule is CCCc1nc(COc2ccc(C)cc2CO)no1. The molecule has 0 atom stereocenters. The number of aliphatic hydroxyl groups excluding tert-OH is 1. The maximum Gasteiger partial charge on any atom is 0.226 e. The molecule has 0 spiro atoms. The number of hydrogen-bond acceptors (Lipinski definition) is 5. The van der Waals surface area contributed by atoms with E-state index in [1.54, 1.807) is 0 Å². The summed E-state index contributed by atoms with van der Waals surface area (Å²) in [7, 11) is 0. The zero-order chi connectivity index (χ0) is 13.7. The van der Waals surface area contributed by atoms with Gasteiger partial charge in [-0.15, -0.1) is 0 Å². The molecule has 0 bridgehead atoms. The smallest absolute Gasteiger partial charge is 0.226 e. The molecule has 0 aliphatic heterocycles. The van der Waals surface area contributed by atoms with Crippen molar-refractivity contribution in [3.05, 3.63) is 41.0 Å². The largest absolute Gasteiger partial charge is 0.485 e. The van der Waals surface area contributed by atoms with Crippen molar-refractivity contribution in [3.8, 4) is 5.75 Å². The molecule has 1 aromatic heterocycles. The highest BCUT2D eigenvalue weighted by molar-refractivity contribution is 5.36. The zero-order valence-electron chi connectivity index (χ0n) is 11.2. The van der Waals surface area contributed by atoms with Crippen molar-refractivity contribution in [3.63, 3.8) is 0 Å². The standard InChI is InChI=1S/C14H18N2O3/c1-3-4-14-15-13(16-19-14)9-18-12-6-5-10(2)7-11(12)8-17/h5-7,17H,3-4,8-9H2,1-2H3. The molecule has 1 aromatic carbocycles. The maximum absolute atomic E-state index is 9.28. The molecular weight excluding hydrogens is 244 g/mol. The minimum atomic E-state index is -0.0512. The summed E-state index contributed by atoms with van der Waals surface area (Å²) in [5.74, 6) is 1.80. The van der Waals surface area contributed by atoms with Gasteiger partial charge in [-0.1, -0.05) is 29.8 Å². The Bertz CT molecular complexity index is 537. The Hall–Kier alpha value is -1.88. The molecule has 19 heavy (non-hydrogen) atoms. The van der Waals surface area contributed by atoms with Crippen molar-refractivity contribution in [2.45, 2.75) is 39.9 Å². The number of rotatable bonds is 6. The molecule has 1 heterocycles. The van der Waals surface area contributed by atoms with Gasteiger partial charge in [-0.05, 0) is 19.4 Å². The van der Waals surface area contributed by atoms with Crippen LogP contribution in [0.15, 0.2) is 22.7 Å². The molecule has 0 radical (unpaired) electrons. The Labute approximate surface area is 112 Å². The van der Waals surface area contributed by atoms with E-state index in [0.717, 1.165) is 24.0 Å². The summed E-state index contributed by atoms with van der Waals surface area (Å²) < 4.78 is 10.7. The summed E-state index contributed by atoms with van der Waals surface area (Å²) in [6.45, 7) is 4.22. The van der Waals surface area contributed by atoms with Gasteiger partial charge in [0.15, 0.2) is 6.61 Å². The number of ether oxygens (including phenoxy) is 1. The van der Waals surface area contributed by atoms with E-state index in [1.165, 1.54) is 0 Å². The Balaban J connectivity index is 2.01. The zero-order valence-corrected chi connectivity index (χ0v) is 11.2. The Morgan fingerprint density at radius 3 is 2.95 bits per heavy atom. The van der Waals surface area contributed by atoms with Crippen LogP contribution >= 0.6 is 0 Å². The first-order valence-electron chi connectivity index (χ1n) is 6.37. The summed E-state index contributed by atoms with van der Waals surface area (Å²) in [5, 5.41) is 13.1. The predicted octanol–water partition coefficient (Wildman–Crippen LogP) is 2.40. The van der Waals surface area contributed by atoms with Crippen molar-refractivity contribution < 1.29 is 14.4 Å². The number of aryl methyl sites for hydroxylation is 2. The average molecular weight is 262 g/mol. The van der Waals surface area contributed by atoms with Crippen molar-refractivity contribution in [1.29, 1.82) is 0 Å². The molecule has 5 nitrogen and oxygen atoms in total. The number of nitrogens with zero attached hydrogens (tertiary/aromatic N) is 2. The van der Waals surface area contributed by atoms with E-state index in [9.17, 15) is 5.11 Å². The van der Waals surface area contributed by atoms with Crippen LogP contribution in [0.2, 0.25) is 0 Å². The summed E-state index contributed by atoms with van der Waals surface area (Å²) in [6.07, 6.45) is 1.74. The van der Waals surface area contributed by atoms with Gasteiger partial charge < -0.3 is 14.4 Å². The first kappa shape index (κ1) is 13.5. The molecule has 0 saturated heterocycles. The van der Waals surface area contributed by atoms with Gasteiger partial charge >= 0.3 is 0 Å². The normalized spacial score (nSPS) is 10.7. The molecule has 0 saturated carbocycles. The monoisotopic (exact) mass is 262 g/mol. The first-order chi connectivity index (χ1) is 9.22. The summed E-state index contributed by atoms with van der Waals surface area (Å²) in [4.78, 5) is 4.22. The van der Waals surface area contributed by atoms with Crippen LogP contribution in [0.1, 0.15) is 36.2 Å². The Kier molecular flexibility index (Phi) is 4.52. The van der Waals surface area contributed by atoms with E-state index >= 15 is 0 Å². The Morgan fingerprint density at radius 1 is 1.37 bits per heavy atom. The number of aromatic nitrogens is 2. The van der Waals surface area contributed by atoms with Crippen LogP contribution < -0.4 is 4.74 Å². The lowest BCUT2D eigenvalue weighted by Crippen LogP contribution is -2.01. The van der Waals surface area contributed by atoms with Crippen LogP contribution in [0.25, 0.3) is 0 Å². The molecule has 102 valence electrons. The van der Waals surface area contributed by atoms with E-state index in [0.29, 0.717) is 17.5 Å². The van der Waals surface area contributed by atoms with E-state index in [2.05, 4.69) is 17.1 Å². The van der Waals surface area contributed by atoms with Gasteiger partial charge in [0.2, 0.25) is 11.7 Å². The van der Waals surface area contributed by atoms with Crippen LogP contribution in [-0.4, -0.2) is 15.2 Å². The minimum absolute atomic E-state index is 0.0512. The molecule has 0 aliphatic rings. The third kappa shape index (κ3) is 3.54. The number of benzene rings is 1. The molecule has 2 rings (SSSR count). The van der Waals surface area contributed by atoms with Gasteiger partial charge in [0.25, 0.3) is 0 Å². The molecule has 1 N–H and O–H groups in total. The van der Waals surface area contributed by atoms with Crippen molar-refractivity contribution in [2.24, 2.45) is 0 Å². The van der Waals surface area contributed by atoms with Gasteiger partial charge in [0, 0.05) is 12.0 Å². The highest BCUT2D eigenvalue weighted by Crippen LogP contribution is 2.20. The predicted molar refractivity (Wildman–Crippen MR) is 69.7 cm³/mol. The average Bonchev–Trinajstić information content (AvgIpc) is 2.85. The fraction of sp³-hybridized carbons (Fsp3) is 0.429. The van der Waals surface area contributed by atoms with Crippen LogP contribution in [0.3, 0.4) is 0 Å². The lowest BCUT2D eigenvalue weighted by molar-refractivity contribution is 0.252. The highest BCUT2D eigenvalue weighted by atomic mass is 16.5. The Morgan fingerprint density at radius 2 is 2.21 bits per heavy atom. The van der Waals surface area contributed by atoms with E-state index in [1.807, 2.05) is 25.1 Å². The summed E-state index contributed by atoms with van der Waals surface area (Å²) in [6, 6.07) is 5.68. The maximum atomic E-state index is 9.28. The van der Waals surface area contributed by atoms with Gasteiger partial charge in [-0.2, -0.15) is 4.98 Å². The van der Waals surface area contributed by atoms with Gasteiger partial charge in [0.1, 0.15) is 5.75 Å². The molecule has 0 fully saturated rings. The third-order valence-corrected chi connectivity index (χ3v) is 2.72. The van der Waals surface area contributed by atoms with Crippen molar-refractivity contribution in [1.82, 2.24) is 10.1 Å². The highest BCUT2D eigenvalue weighted by Gasteiger charge is 2.08. The molecule has 0 amide bonds. The lowest BCUT2D eigenvalue weighted by atomic mass is 10.1. The van der Waals surface area contributed by atoms with Gasteiger partial charge in [-0.25, -0.2) is 0 Å². The van der Waals surface area contributed by atoms with Crippen LogP contribution in [-0.2, 0) is 19.6 Å². The summed E-state index contributed by atoms with van der Waals surface area (Å²) in [5.41, 5.74) is 1.85. The molecular formula is C14H18N2O3. The molecule has 5 heteroatoms. The topological polar surface area (TPSA) is 68.4 Å². The van der Waals surface area contributed by atoms with Gasteiger partial charge in [0.05, 0.1) is 6.61 Å². The van der Waals surface area contributed by atoms with E-state index in [-0.39, 0.29) is 13.2 Å². The second-order valence-electron chi connectivity index (χ2n) is 4.41. The van der Waals surface area contributed by atoms with Crippen molar-refractivity contribution >= 4 is 0 Å². The van der Waals surface area contributed by atoms with Crippen LogP contribution in [0.5, 0.6) is 5.75 Å². The summed E-state index contributed by atoms with van der Waals surface area (Å²) >= 11 is 0. The quantitative estimate of drug-likeness (QED) is 0.865. The molecule has 2 aromatic rings. The van der Waals surface area contributed by atoms with Crippen LogP contribution in [0.4, 0.5) is 0 Å². The third-order valence-electron chi connectivity index (χ3n) is 2.72. The first-order valence-corrected chi connectivity index (χ1v) is 6.37. The van der Waals surface area contributed by atoms with E-state index in [4.69, 9.17) is 9.26 Å². The van der Waals surface area contributed by atoms with Crippen molar-refractivity contribution in [2.75, 3.05) is 0 Å². The second-order valence-corrected chi connectivity index (χ2v) is 4.41. The van der Waals surface area contributed by atoms with E-state index < -0.39 is 0 Å². The fourth-order valence-corrected chi connectivity index (χ4v) is 1.78. The lowest BCUT2D eigenvalue weighted by Gasteiger charge is -2.08. The number of hydrogen-bond donors (Lipinski definition) is 1. The molecule has 0 unspecified atom stereocenters. The molecule has 0 aliphatic carbocycles. The minimum Gasteiger partial charge on any atom is -0.485 e. The fourth-order valence-electron chi connectivity index (χ4n) is 1.78. The van der Waals surface area contributed by atoms with Gasteiger partial charge in [-0.3, -0.25) is 0 Å².